The minimum absolute atomic E-state index is 0.00714. The van der Waals surface area contributed by atoms with Gasteiger partial charge in [0.05, 0.1) is 13.2 Å². The Hall–Kier alpha value is -1.55. The van der Waals surface area contributed by atoms with Crippen LogP contribution in [0, 0.1) is 0 Å². The van der Waals surface area contributed by atoms with Gasteiger partial charge in [-0.1, -0.05) is 6.92 Å². The number of hydrogen-bond acceptors (Lipinski definition) is 3. The van der Waals surface area contributed by atoms with Crippen LogP contribution in [-0.4, -0.2) is 25.2 Å². The highest BCUT2D eigenvalue weighted by atomic mass is 16.5. The first-order valence-corrected chi connectivity index (χ1v) is 7.39. The van der Waals surface area contributed by atoms with E-state index in [1.807, 2.05) is 25.1 Å². The van der Waals surface area contributed by atoms with Crippen LogP contribution < -0.4 is 10.1 Å². The van der Waals surface area contributed by atoms with Crippen molar-refractivity contribution in [3.05, 3.63) is 29.3 Å². The zero-order chi connectivity index (χ0) is 14.4. The number of carbonyl (C=O) groups is 1. The van der Waals surface area contributed by atoms with Gasteiger partial charge in [-0.15, -0.1) is 0 Å². The Morgan fingerprint density at radius 1 is 1.35 bits per heavy atom. The Labute approximate surface area is 120 Å². The van der Waals surface area contributed by atoms with E-state index in [-0.39, 0.29) is 5.91 Å². The molecule has 4 heteroatoms. The number of rotatable bonds is 8. The van der Waals surface area contributed by atoms with Crippen molar-refractivity contribution in [2.24, 2.45) is 0 Å². The lowest BCUT2D eigenvalue weighted by molar-refractivity contribution is 0.0950. The second-order valence-electron chi connectivity index (χ2n) is 5.06. The average Bonchev–Trinajstić information content (AvgIpc) is 3.25. The molecule has 0 aromatic heterocycles. The third-order valence-corrected chi connectivity index (χ3v) is 3.14. The topological polar surface area (TPSA) is 47.6 Å². The molecule has 1 aliphatic carbocycles. The highest BCUT2D eigenvalue weighted by Crippen LogP contribution is 2.23. The minimum Gasteiger partial charge on any atom is -0.494 e. The highest BCUT2D eigenvalue weighted by molar-refractivity contribution is 5.95. The lowest BCUT2D eigenvalue weighted by Crippen LogP contribution is -2.25. The molecule has 20 heavy (non-hydrogen) atoms. The normalized spacial score (nSPS) is 14.1. The Morgan fingerprint density at radius 3 is 2.80 bits per heavy atom. The van der Waals surface area contributed by atoms with Crippen LogP contribution in [0.15, 0.2) is 18.2 Å². The maximum atomic E-state index is 12.1. The summed E-state index contributed by atoms with van der Waals surface area (Å²) in [4.78, 5) is 12.1. The Bertz CT molecular complexity index is 455. The number of amides is 1. The van der Waals surface area contributed by atoms with E-state index in [4.69, 9.17) is 9.47 Å². The van der Waals surface area contributed by atoms with Crippen LogP contribution >= 0.6 is 0 Å². The van der Waals surface area contributed by atoms with E-state index in [1.165, 1.54) is 0 Å². The number of nitrogens with one attached hydrogen (secondary N) is 1. The van der Waals surface area contributed by atoms with E-state index in [1.54, 1.807) is 0 Å². The molecule has 110 valence electrons. The maximum absolute atomic E-state index is 12.1. The molecule has 1 N–H and O–H groups in total. The van der Waals surface area contributed by atoms with Gasteiger partial charge in [-0.2, -0.15) is 0 Å². The summed E-state index contributed by atoms with van der Waals surface area (Å²) in [5.74, 6) is 0.791. The fourth-order valence-electron chi connectivity index (χ4n) is 1.95. The lowest BCUT2D eigenvalue weighted by atomic mass is 10.1. The first-order valence-electron chi connectivity index (χ1n) is 7.39. The van der Waals surface area contributed by atoms with Crippen LogP contribution in [0.3, 0.4) is 0 Å². The molecule has 1 fully saturated rings. The first kappa shape index (κ1) is 14.9. The van der Waals surface area contributed by atoms with Crippen LogP contribution in [0.5, 0.6) is 5.75 Å². The van der Waals surface area contributed by atoms with Gasteiger partial charge in [0, 0.05) is 23.8 Å². The second-order valence-corrected chi connectivity index (χ2v) is 5.06. The Kier molecular flexibility index (Phi) is 5.41. The maximum Gasteiger partial charge on any atom is 0.251 e. The van der Waals surface area contributed by atoms with Crippen LogP contribution in [0.25, 0.3) is 0 Å². The monoisotopic (exact) mass is 277 g/mol. The summed E-state index contributed by atoms with van der Waals surface area (Å²) in [6.45, 7) is 5.82. The number of benzene rings is 1. The van der Waals surface area contributed by atoms with E-state index >= 15 is 0 Å². The highest BCUT2D eigenvalue weighted by Gasteiger charge is 2.24. The molecule has 0 unspecified atom stereocenters. The van der Waals surface area contributed by atoms with Crippen LogP contribution in [0.4, 0.5) is 0 Å². The molecule has 0 heterocycles. The molecule has 0 aliphatic heterocycles. The van der Waals surface area contributed by atoms with Crippen molar-refractivity contribution >= 4 is 5.91 Å². The average molecular weight is 277 g/mol. The summed E-state index contributed by atoms with van der Waals surface area (Å²) in [5.41, 5.74) is 1.61. The molecular weight excluding hydrogens is 254 g/mol. The van der Waals surface area contributed by atoms with Crippen molar-refractivity contribution < 1.29 is 14.3 Å². The van der Waals surface area contributed by atoms with Gasteiger partial charge in [0.2, 0.25) is 0 Å². The number of ether oxygens (including phenoxy) is 2. The van der Waals surface area contributed by atoms with Gasteiger partial charge in [-0.05, 0) is 44.4 Å². The predicted molar refractivity (Wildman–Crippen MR) is 78.0 cm³/mol. The smallest absolute Gasteiger partial charge is 0.251 e. The summed E-state index contributed by atoms with van der Waals surface area (Å²) in [6.07, 6.45) is 3.16. The fourth-order valence-corrected chi connectivity index (χ4v) is 1.95. The molecule has 4 nitrogen and oxygen atoms in total. The van der Waals surface area contributed by atoms with Crippen molar-refractivity contribution in [1.29, 1.82) is 0 Å². The van der Waals surface area contributed by atoms with Gasteiger partial charge >= 0.3 is 0 Å². The van der Waals surface area contributed by atoms with E-state index in [9.17, 15) is 4.79 Å². The van der Waals surface area contributed by atoms with Crippen molar-refractivity contribution in [3.63, 3.8) is 0 Å². The van der Waals surface area contributed by atoms with Crippen molar-refractivity contribution in [1.82, 2.24) is 5.32 Å². The Balaban J connectivity index is 2.08. The van der Waals surface area contributed by atoms with E-state index in [2.05, 4.69) is 12.2 Å². The largest absolute Gasteiger partial charge is 0.494 e. The molecule has 0 spiro atoms. The molecule has 0 atom stereocenters. The number of hydrogen-bond donors (Lipinski definition) is 1. The van der Waals surface area contributed by atoms with Crippen LogP contribution in [0.2, 0.25) is 0 Å². The molecule has 1 amide bonds. The molecule has 1 aromatic rings. The van der Waals surface area contributed by atoms with Crippen molar-refractivity contribution in [2.75, 3.05) is 13.2 Å². The quantitative estimate of drug-likeness (QED) is 0.743. The second kappa shape index (κ2) is 7.29. The van der Waals surface area contributed by atoms with Gasteiger partial charge in [-0.3, -0.25) is 4.79 Å². The zero-order valence-corrected chi connectivity index (χ0v) is 12.3. The standard InChI is InChI=1S/C16H23NO3/c1-3-9-19-11-13-10-12(5-8-15(13)20-4-2)16(18)17-14-6-7-14/h5,8,10,14H,3-4,6-7,9,11H2,1-2H3,(H,17,18). The molecular formula is C16H23NO3. The Morgan fingerprint density at radius 2 is 2.15 bits per heavy atom. The van der Waals surface area contributed by atoms with E-state index in [0.717, 1.165) is 30.6 Å². The molecule has 0 saturated heterocycles. The van der Waals surface area contributed by atoms with Gasteiger partial charge in [0.1, 0.15) is 5.75 Å². The van der Waals surface area contributed by atoms with Crippen molar-refractivity contribution in [2.45, 2.75) is 45.8 Å². The number of carbonyl (C=O) groups excluding carboxylic acids is 1. The van der Waals surface area contributed by atoms with Crippen LogP contribution in [0.1, 0.15) is 49.0 Å². The van der Waals surface area contributed by atoms with Gasteiger partial charge < -0.3 is 14.8 Å². The molecule has 1 aromatic carbocycles. The van der Waals surface area contributed by atoms with Gasteiger partial charge in [0.25, 0.3) is 5.91 Å². The summed E-state index contributed by atoms with van der Waals surface area (Å²) in [7, 11) is 0. The summed E-state index contributed by atoms with van der Waals surface area (Å²) >= 11 is 0. The summed E-state index contributed by atoms with van der Waals surface area (Å²) < 4.78 is 11.2. The minimum atomic E-state index is -0.00714. The molecule has 0 radical (unpaired) electrons. The molecule has 1 saturated carbocycles. The summed E-state index contributed by atoms with van der Waals surface area (Å²) in [5, 5.41) is 3.00. The van der Waals surface area contributed by atoms with Crippen molar-refractivity contribution in [3.8, 4) is 5.75 Å². The predicted octanol–water partition coefficient (Wildman–Crippen LogP) is 2.90. The first-order chi connectivity index (χ1) is 9.74. The molecule has 2 rings (SSSR count). The fraction of sp³-hybridized carbons (Fsp3) is 0.562. The van der Waals surface area contributed by atoms with E-state index < -0.39 is 0 Å². The summed E-state index contributed by atoms with van der Waals surface area (Å²) in [6, 6.07) is 5.91. The third-order valence-electron chi connectivity index (χ3n) is 3.14. The zero-order valence-electron chi connectivity index (χ0n) is 12.3. The molecule has 1 aliphatic rings. The van der Waals surface area contributed by atoms with Gasteiger partial charge in [0.15, 0.2) is 0 Å². The van der Waals surface area contributed by atoms with Gasteiger partial charge in [-0.25, -0.2) is 0 Å². The van der Waals surface area contributed by atoms with Crippen LogP contribution in [-0.2, 0) is 11.3 Å². The molecule has 0 bridgehead atoms. The third kappa shape index (κ3) is 4.23. The lowest BCUT2D eigenvalue weighted by Gasteiger charge is -2.12. The van der Waals surface area contributed by atoms with E-state index in [0.29, 0.717) is 31.4 Å². The SMILES string of the molecule is CCCOCc1cc(C(=O)NC2CC2)ccc1OCC.